The third kappa shape index (κ3) is 3.57. The molecule has 1 aliphatic rings. The summed E-state index contributed by atoms with van der Waals surface area (Å²) in [7, 11) is 0. The molecule has 0 spiro atoms. The van der Waals surface area contributed by atoms with Gasteiger partial charge in [-0.25, -0.2) is 9.97 Å². The Morgan fingerprint density at radius 3 is 2.82 bits per heavy atom. The lowest BCUT2D eigenvalue weighted by atomic mass is 10.1. The Bertz CT molecular complexity index is 366. The molecule has 1 aromatic rings. The fourth-order valence-corrected chi connectivity index (χ4v) is 3.35. The Morgan fingerprint density at radius 2 is 2.06 bits per heavy atom. The maximum atomic E-state index is 10.0. The topological polar surface area (TPSA) is 72.0 Å². The van der Waals surface area contributed by atoms with Crippen LogP contribution in [0.2, 0.25) is 0 Å². The van der Waals surface area contributed by atoms with Crippen molar-refractivity contribution < 1.29 is 5.11 Å². The zero-order valence-corrected chi connectivity index (χ0v) is 10.9. The normalized spacial score (nSPS) is 25.5. The van der Waals surface area contributed by atoms with Gasteiger partial charge in [0.1, 0.15) is 5.82 Å². The molecule has 0 amide bonds. The number of thioether (sulfide) groups is 1. The van der Waals surface area contributed by atoms with Crippen LogP contribution in [0.1, 0.15) is 37.8 Å². The summed E-state index contributed by atoms with van der Waals surface area (Å²) >= 11 is 1.56. The van der Waals surface area contributed by atoms with Crippen LogP contribution in [-0.2, 0) is 0 Å². The lowest BCUT2D eigenvalue weighted by Gasteiger charge is -2.18. The maximum Gasteiger partial charge on any atom is 0.190 e. The monoisotopic (exact) mass is 253 g/mol. The summed E-state index contributed by atoms with van der Waals surface area (Å²) in [6, 6.07) is 1.76. The Morgan fingerprint density at radius 1 is 1.29 bits per heavy atom. The van der Waals surface area contributed by atoms with Crippen molar-refractivity contribution in [2.75, 3.05) is 5.73 Å². The molecule has 1 aliphatic carbocycles. The van der Waals surface area contributed by atoms with E-state index in [1.165, 1.54) is 12.8 Å². The van der Waals surface area contributed by atoms with Gasteiger partial charge in [0.05, 0.1) is 6.10 Å². The van der Waals surface area contributed by atoms with Crippen LogP contribution in [-0.4, -0.2) is 26.4 Å². The summed E-state index contributed by atoms with van der Waals surface area (Å²) in [5.41, 5.74) is 6.58. The highest BCUT2D eigenvalue weighted by molar-refractivity contribution is 7.99. The number of rotatable bonds is 2. The predicted molar refractivity (Wildman–Crippen MR) is 69.9 cm³/mol. The quantitative estimate of drug-likeness (QED) is 0.624. The molecule has 0 bridgehead atoms. The van der Waals surface area contributed by atoms with Crippen molar-refractivity contribution in [3.63, 3.8) is 0 Å². The highest BCUT2D eigenvalue weighted by atomic mass is 32.2. The molecule has 5 heteroatoms. The molecule has 0 aromatic carbocycles. The van der Waals surface area contributed by atoms with Crippen molar-refractivity contribution in [3.05, 3.63) is 11.8 Å². The number of nitrogen functional groups attached to an aromatic ring is 1. The average Bonchev–Trinajstić information content (AvgIpc) is 2.43. The second-order valence-electron chi connectivity index (χ2n) is 4.58. The minimum absolute atomic E-state index is 0.207. The molecule has 3 N–H and O–H groups in total. The number of nitrogens with two attached hydrogens (primary N) is 1. The van der Waals surface area contributed by atoms with Crippen molar-refractivity contribution >= 4 is 17.6 Å². The maximum absolute atomic E-state index is 10.0. The van der Waals surface area contributed by atoms with Gasteiger partial charge in [0, 0.05) is 17.0 Å². The highest BCUT2D eigenvalue weighted by Gasteiger charge is 2.23. The van der Waals surface area contributed by atoms with E-state index in [0.717, 1.165) is 25.0 Å². The Hall–Kier alpha value is -0.810. The molecule has 17 heavy (non-hydrogen) atoms. The molecule has 2 atom stereocenters. The molecular weight excluding hydrogens is 234 g/mol. The lowest BCUT2D eigenvalue weighted by Crippen LogP contribution is -2.21. The number of aromatic nitrogens is 2. The van der Waals surface area contributed by atoms with Crippen LogP contribution in [0.3, 0.4) is 0 Å². The van der Waals surface area contributed by atoms with Crippen molar-refractivity contribution in [3.8, 4) is 0 Å². The molecule has 2 unspecified atom stereocenters. The van der Waals surface area contributed by atoms with Gasteiger partial charge in [0.25, 0.3) is 0 Å². The number of hydrogen-bond donors (Lipinski definition) is 2. The lowest BCUT2D eigenvalue weighted by molar-refractivity contribution is 0.163. The van der Waals surface area contributed by atoms with Gasteiger partial charge >= 0.3 is 0 Å². The fourth-order valence-electron chi connectivity index (χ4n) is 2.14. The number of anilines is 1. The number of nitrogens with zero attached hydrogens (tertiary/aromatic N) is 2. The SMILES string of the molecule is Cc1cc(N)nc(SC2CCCCCC2O)n1. The summed E-state index contributed by atoms with van der Waals surface area (Å²) in [4.78, 5) is 8.57. The largest absolute Gasteiger partial charge is 0.392 e. The minimum atomic E-state index is -0.243. The summed E-state index contributed by atoms with van der Waals surface area (Å²) < 4.78 is 0. The van der Waals surface area contributed by atoms with E-state index in [4.69, 9.17) is 5.73 Å². The highest BCUT2D eigenvalue weighted by Crippen LogP contribution is 2.31. The standard InChI is InChI=1S/C12H19N3OS/c1-8-7-11(13)15-12(14-8)17-10-6-4-2-3-5-9(10)16/h7,9-10,16H,2-6H2,1H3,(H2,13,14,15). The Kier molecular flexibility index (Phi) is 4.23. The van der Waals surface area contributed by atoms with Gasteiger partial charge in [0.15, 0.2) is 5.16 Å². The van der Waals surface area contributed by atoms with Gasteiger partial charge < -0.3 is 10.8 Å². The van der Waals surface area contributed by atoms with Gasteiger partial charge in [-0.05, 0) is 19.8 Å². The first kappa shape index (κ1) is 12.6. The second kappa shape index (κ2) is 5.69. The summed E-state index contributed by atoms with van der Waals surface area (Å²) in [6.07, 6.45) is 5.19. The van der Waals surface area contributed by atoms with Crippen LogP contribution in [0.4, 0.5) is 5.82 Å². The number of aryl methyl sites for hydroxylation is 1. The third-order valence-corrected chi connectivity index (χ3v) is 4.27. The van der Waals surface area contributed by atoms with Crippen molar-refractivity contribution in [1.82, 2.24) is 9.97 Å². The van der Waals surface area contributed by atoms with Gasteiger partial charge in [0.2, 0.25) is 0 Å². The molecule has 1 fully saturated rings. The molecule has 0 saturated heterocycles. The Balaban J connectivity index is 2.07. The first-order chi connectivity index (χ1) is 8.15. The summed E-state index contributed by atoms with van der Waals surface area (Å²) in [6.45, 7) is 1.91. The first-order valence-corrected chi connectivity index (χ1v) is 6.99. The van der Waals surface area contributed by atoms with E-state index in [0.29, 0.717) is 11.0 Å². The van der Waals surface area contributed by atoms with Gasteiger partial charge in [-0.15, -0.1) is 0 Å². The average molecular weight is 253 g/mol. The molecule has 2 rings (SSSR count). The molecule has 94 valence electrons. The third-order valence-electron chi connectivity index (χ3n) is 3.03. The van der Waals surface area contributed by atoms with Crippen molar-refractivity contribution in [1.29, 1.82) is 0 Å². The van der Waals surface area contributed by atoms with Crippen molar-refractivity contribution in [2.45, 2.75) is 55.5 Å². The number of hydrogen-bond acceptors (Lipinski definition) is 5. The Labute approximate surface area is 106 Å². The van der Waals surface area contributed by atoms with E-state index in [9.17, 15) is 5.11 Å². The van der Waals surface area contributed by atoms with Crippen LogP contribution in [0, 0.1) is 6.92 Å². The fraction of sp³-hybridized carbons (Fsp3) is 0.667. The summed E-state index contributed by atoms with van der Waals surface area (Å²) in [5, 5.41) is 10.9. The van der Waals surface area contributed by atoms with Crippen LogP contribution >= 0.6 is 11.8 Å². The van der Waals surface area contributed by atoms with Crippen LogP contribution in [0.5, 0.6) is 0 Å². The van der Waals surface area contributed by atoms with Gasteiger partial charge in [-0.1, -0.05) is 31.0 Å². The molecule has 4 nitrogen and oxygen atoms in total. The zero-order chi connectivity index (χ0) is 12.3. The van der Waals surface area contributed by atoms with E-state index < -0.39 is 0 Å². The van der Waals surface area contributed by atoms with Gasteiger partial charge in [-0.3, -0.25) is 0 Å². The van der Waals surface area contributed by atoms with E-state index in [-0.39, 0.29) is 11.4 Å². The second-order valence-corrected chi connectivity index (χ2v) is 5.78. The van der Waals surface area contributed by atoms with E-state index in [1.807, 2.05) is 6.92 Å². The van der Waals surface area contributed by atoms with Crippen LogP contribution in [0.25, 0.3) is 0 Å². The van der Waals surface area contributed by atoms with E-state index >= 15 is 0 Å². The van der Waals surface area contributed by atoms with Crippen LogP contribution < -0.4 is 5.73 Å². The van der Waals surface area contributed by atoms with E-state index in [2.05, 4.69) is 9.97 Å². The van der Waals surface area contributed by atoms with Gasteiger partial charge in [-0.2, -0.15) is 0 Å². The smallest absolute Gasteiger partial charge is 0.190 e. The molecule has 1 saturated carbocycles. The van der Waals surface area contributed by atoms with Crippen LogP contribution in [0.15, 0.2) is 11.2 Å². The van der Waals surface area contributed by atoms with E-state index in [1.54, 1.807) is 17.8 Å². The predicted octanol–water partition coefficient (Wildman–Crippen LogP) is 2.15. The minimum Gasteiger partial charge on any atom is -0.392 e. The molecule has 1 heterocycles. The van der Waals surface area contributed by atoms with Crippen molar-refractivity contribution in [2.24, 2.45) is 0 Å². The zero-order valence-electron chi connectivity index (χ0n) is 10.1. The molecule has 1 aromatic heterocycles. The number of aliphatic hydroxyl groups excluding tert-OH is 1. The molecular formula is C12H19N3OS. The number of aliphatic hydroxyl groups is 1. The summed E-state index contributed by atoms with van der Waals surface area (Å²) in [5.74, 6) is 0.503. The first-order valence-electron chi connectivity index (χ1n) is 6.11. The molecule has 0 aliphatic heterocycles. The molecule has 0 radical (unpaired) electrons.